The van der Waals surface area contributed by atoms with Crippen molar-refractivity contribution in [1.29, 1.82) is 0 Å². The highest BCUT2D eigenvalue weighted by atomic mass is 32.2. The highest BCUT2D eigenvalue weighted by Gasteiger charge is 2.32. The molecule has 0 atom stereocenters. The van der Waals surface area contributed by atoms with Crippen molar-refractivity contribution in [1.82, 2.24) is 4.90 Å². The molecule has 0 aliphatic carbocycles. The number of hydrogen-bond donors (Lipinski definition) is 0. The van der Waals surface area contributed by atoms with E-state index in [4.69, 9.17) is 0 Å². The zero-order chi connectivity index (χ0) is 13.8. The van der Waals surface area contributed by atoms with Crippen molar-refractivity contribution in [2.75, 3.05) is 32.5 Å². The summed E-state index contributed by atoms with van der Waals surface area (Å²) in [7, 11) is -3.42. The van der Waals surface area contributed by atoms with E-state index in [1.54, 1.807) is 0 Å². The van der Waals surface area contributed by atoms with Crippen LogP contribution in [0.15, 0.2) is 0 Å². The molecule has 1 rings (SSSR count). The summed E-state index contributed by atoms with van der Waals surface area (Å²) in [5, 5.41) is 0. The Balaban J connectivity index is 2.20. The first kappa shape index (κ1) is 15.7. The van der Waals surface area contributed by atoms with Gasteiger partial charge in [-0.1, -0.05) is 0 Å². The lowest BCUT2D eigenvalue weighted by Crippen LogP contribution is -2.40. The summed E-state index contributed by atoms with van der Waals surface area (Å²) in [5.74, 6) is 0.247. The molecule has 1 heterocycles. The van der Waals surface area contributed by atoms with Gasteiger partial charge < -0.3 is 0 Å². The normalized spacial score (nSPS) is 20.2. The van der Waals surface area contributed by atoms with Crippen LogP contribution in [0.2, 0.25) is 0 Å². The number of halogens is 3. The van der Waals surface area contributed by atoms with Gasteiger partial charge in [0, 0.05) is 0 Å². The Morgan fingerprint density at radius 2 is 1.83 bits per heavy atom. The number of alkyl halides is 3. The number of likely N-dealkylation sites (tertiary alicyclic amines) is 1. The van der Waals surface area contributed by atoms with Crippen LogP contribution in [-0.2, 0) is 14.3 Å². The molecule has 0 radical (unpaired) electrons. The molecule has 1 aliphatic rings. The number of rotatable bonds is 5. The maximum atomic E-state index is 12.1. The van der Waals surface area contributed by atoms with Crippen molar-refractivity contribution >= 4 is 10.1 Å². The van der Waals surface area contributed by atoms with E-state index < -0.39 is 22.8 Å². The second kappa shape index (κ2) is 6.21. The lowest BCUT2D eigenvalue weighted by Gasteiger charge is -2.32. The lowest BCUT2D eigenvalue weighted by atomic mass is 9.94. The maximum absolute atomic E-state index is 12.1. The topological polar surface area (TPSA) is 46.6 Å². The Kier molecular flexibility index (Phi) is 5.42. The van der Waals surface area contributed by atoms with Crippen LogP contribution in [0, 0.1) is 5.92 Å². The fraction of sp³-hybridized carbons (Fsp3) is 1.00. The molecular weight excluding hydrogens is 271 g/mol. The van der Waals surface area contributed by atoms with Crippen molar-refractivity contribution in [3.05, 3.63) is 0 Å². The van der Waals surface area contributed by atoms with E-state index in [-0.39, 0.29) is 12.5 Å². The molecule has 0 aromatic rings. The van der Waals surface area contributed by atoms with Gasteiger partial charge in [0.15, 0.2) is 0 Å². The summed E-state index contributed by atoms with van der Waals surface area (Å²) < 4.78 is 62.5. The molecule has 108 valence electrons. The van der Waals surface area contributed by atoms with Gasteiger partial charge in [0.25, 0.3) is 10.1 Å². The molecule has 18 heavy (non-hydrogen) atoms. The third-order valence-corrected chi connectivity index (χ3v) is 3.53. The highest BCUT2D eigenvalue weighted by Crippen LogP contribution is 2.24. The minimum atomic E-state index is -4.15. The third kappa shape index (κ3) is 7.17. The van der Waals surface area contributed by atoms with E-state index in [2.05, 4.69) is 4.18 Å². The number of nitrogens with zero attached hydrogens (tertiary/aromatic N) is 1. The van der Waals surface area contributed by atoms with Crippen LogP contribution >= 0.6 is 0 Å². The van der Waals surface area contributed by atoms with Crippen LogP contribution in [0.1, 0.15) is 19.3 Å². The lowest BCUT2D eigenvalue weighted by molar-refractivity contribution is -0.148. The van der Waals surface area contributed by atoms with Crippen molar-refractivity contribution < 1.29 is 25.8 Å². The number of hydrogen-bond acceptors (Lipinski definition) is 4. The Labute approximate surface area is 105 Å². The van der Waals surface area contributed by atoms with Crippen LogP contribution in [-0.4, -0.2) is 52.0 Å². The quantitative estimate of drug-likeness (QED) is 0.722. The second-order valence-corrected chi connectivity index (χ2v) is 6.29. The molecule has 0 amide bonds. The summed E-state index contributed by atoms with van der Waals surface area (Å²) in [4.78, 5) is 1.38. The second-order valence-electron chi connectivity index (χ2n) is 4.65. The van der Waals surface area contributed by atoms with Crippen molar-refractivity contribution in [2.45, 2.75) is 25.4 Å². The average Bonchev–Trinajstić information content (AvgIpc) is 2.16. The summed E-state index contributed by atoms with van der Waals surface area (Å²) >= 11 is 0. The van der Waals surface area contributed by atoms with Crippen LogP contribution in [0.4, 0.5) is 13.2 Å². The summed E-state index contributed by atoms with van der Waals surface area (Å²) in [5.41, 5.74) is 0. The molecule has 0 spiro atoms. The smallest absolute Gasteiger partial charge is 0.295 e. The van der Waals surface area contributed by atoms with Crippen LogP contribution in [0.5, 0.6) is 0 Å². The van der Waals surface area contributed by atoms with Gasteiger partial charge in [0.1, 0.15) is 0 Å². The van der Waals surface area contributed by atoms with Crippen LogP contribution < -0.4 is 0 Å². The standard InChI is InChI=1S/C10H18F3NO3S/c1-18(15,16)17-7-4-9-2-5-14(6-3-9)8-10(11,12)13/h9H,2-8H2,1H3. The van der Waals surface area contributed by atoms with Gasteiger partial charge in [0.2, 0.25) is 0 Å². The Bertz CT molecular complexity index is 348. The largest absolute Gasteiger partial charge is 0.401 e. The van der Waals surface area contributed by atoms with Crippen LogP contribution in [0.3, 0.4) is 0 Å². The molecule has 0 unspecified atom stereocenters. The fourth-order valence-electron chi connectivity index (χ4n) is 2.05. The van der Waals surface area contributed by atoms with E-state index in [0.29, 0.717) is 32.4 Å². The summed E-state index contributed by atoms with van der Waals surface area (Å²) in [6.45, 7) is 0.0639. The predicted octanol–water partition coefficient (Wildman–Crippen LogP) is 1.63. The SMILES string of the molecule is CS(=O)(=O)OCCC1CCN(CC(F)(F)F)CC1. The zero-order valence-electron chi connectivity index (χ0n) is 10.2. The molecule has 0 aromatic carbocycles. The molecule has 1 saturated heterocycles. The molecule has 0 bridgehead atoms. The molecule has 0 aromatic heterocycles. The van der Waals surface area contributed by atoms with Gasteiger partial charge in [-0.2, -0.15) is 21.6 Å². The van der Waals surface area contributed by atoms with Gasteiger partial charge >= 0.3 is 6.18 Å². The third-order valence-electron chi connectivity index (χ3n) is 2.93. The first-order valence-corrected chi connectivity index (χ1v) is 7.61. The van der Waals surface area contributed by atoms with E-state index in [0.717, 1.165) is 6.26 Å². The van der Waals surface area contributed by atoms with E-state index in [9.17, 15) is 21.6 Å². The summed E-state index contributed by atoms with van der Waals surface area (Å²) in [6.07, 6.45) is -1.27. The van der Waals surface area contributed by atoms with Crippen molar-refractivity contribution in [3.63, 3.8) is 0 Å². The van der Waals surface area contributed by atoms with Gasteiger partial charge in [0.05, 0.1) is 19.4 Å². The monoisotopic (exact) mass is 289 g/mol. The first-order valence-electron chi connectivity index (χ1n) is 5.79. The molecule has 1 fully saturated rings. The molecule has 8 heteroatoms. The van der Waals surface area contributed by atoms with E-state index >= 15 is 0 Å². The van der Waals surface area contributed by atoms with Gasteiger partial charge in [-0.05, 0) is 38.3 Å². The average molecular weight is 289 g/mol. The molecule has 0 N–H and O–H groups in total. The van der Waals surface area contributed by atoms with Gasteiger partial charge in [-0.25, -0.2) is 0 Å². The Hall–Kier alpha value is -0.340. The molecule has 4 nitrogen and oxygen atoms in total. The molecule has 0 saturated carbocycles. The van der Waals surface area contributed by atoms with E-state index in [1.807, 2.05) is 0 Å². The minimum absolute atomic E-state index is 0.114. The Morgan fingerprint density at radius 1 is 1.28 bits per heavy atom. The van der Waals surface area contributed by atoms with Crippen molar-refractivity contribution in [2.24, 2.45) is 5.92 Å². The number of piperidine rings is 1. The fourth-order valence-corrected chi connectivity index (χ4v) is 2.45. The highest BCUT2D eigenvalue weighted by molar-refractivity contribution is 7.85. The van der Waals surface area contributed by atoms with Gasteiger partial charge in [-0.3, -0.25) is 9.08 Å². The molecular formula is C10H18F3NO3S. The predicted molar refractivity (Wildman–Crippen MR) is 60.6 cm³/mol. The van der Waals surface area contributed by atoms with E-state index in [1.165, 1.54) is 4.90 Å². The van der Waals surface area contributed by atoms with Gasteiger partial charge in [-0.15, -0.1) is 0 Å². The summed E-state index contributed by atoms with van der Waals surface area (Å²) in [6, 6.07) is 0. The zero-order valence-corrected chi connectivity index (χ0v) is 11.1. The minimum Gasteiger partial charge on any atom is -0.295 e. The molecule has 1 aliphatic heterocycles. The van der Waals surface area contributed by atoms with Crippen LogP contribution in [0.25, 0.3) is 0 Å². The maximum Gasteiger partial charge on any atom is 0.401 e. The first-order chi connectivity index (χ1) is 8.16. The van der Waals surface area contributed by atoms with Crippen molar-refractivity contribution in [3.8, 4) is 0 Å². The Morgan fingerprint density at radius 3 is 2.28 bits per heavy atom.